The Balaban J connectivity index is 2.08. The van der Waals surface area contributed by atoms with Crippen molar-refractivity contribution in [1.29, 1.82) is 0 Å². The van der Waals surface area contributed by atoms with E-state index in [0.29, 0.717) is 6.04 Å². The smallest absolute Gasteiger partial charge is 0.165 e. The first-order valence-electron chi connectivity index (χ1n) is 11.0. The molecule has 0 saturated heterocycles. The van der Waals surface area contributed by atoms with Gasteiger partial charge >= 0.3 is 0 Å². The molecule has 2 heterocycles. The second-order valence-electron chi connectivity index (χ2n) is 7.98. The van der Waals surface area contributed by atoms with Crippen LogP contribution in [0.25, 0.3) is 11.2 Å². The van der Waals surface area contributed by atoms with Crippen LogP contribution < -0.4 is 4.90 Å². The molecule has 0 aromatic carbocycles. The molecule has 0 bridgehead atoms. The third kappa shape index (κ3) is 6.47. The van der Waals surface area contributed by atoms with E-state index in [4.69, 9.17) is 0 Å². The molecule has 0 radical (unpaired) electrons. The van der Waals surface area contributed by atoms with Gasteiger partial charge in [-0.25, -0.2) is 15.0 Å². The van der Waals surface area contributed by atoms with Gasteiger partial charge in [-0.3, -0.25) is 0 Å². The highest BCUT2D eigenvalue weighted by Crippen LogP contribution is 2.28. The van der Waals surface area contributed by atoms with Gasteiger partial charge in [-0.15, -0.1) is 0 Å². The van der Waals surface area contributed by atoms with Gasteiger partial charge in [-0.05, 0) is 12.8 Å². The van der Waals surface area contributed by atoms with E-state index in [1.807, 2.05) is 25.3 Å². The fourth-order valence-corrected chi connectivity index (χ4v) is 3.82. The number of unbranched alkanes of at least 4 members (excludes halogenated alkanes) is 8. The van der Waals surface area contributed by atoms with E-state index in [0.717, 1.165) is 17.0 Å². The van der Waals surface area contributed by atoms with Crippen LogP contribution in [0.1, 0.15) is 96.9 Å². The number of anilines is 1. The number of imidazole rings is 1. The topological polar surface area (TPSA) is 46.8 Å². The van der Waals surface area contributed by atoms with Crippen molar-refractivity contribution in [1.82, 2.24) is 19.5 Å². The summed E-state index contributed by atoms with van der Waals surface area (Å²) in [4.78, 5) is 15.7. The fraction of sp³-hybridized carbons (Fsp3) is 0.773. The number of nitrogens with zero attached hydrogens (tertiary/aromatic N) is 5. The highest BCUT2D eigenvalue weighted by Gasteiger charge is 2.17. The minimum absolute atomic E-state index is 0.503. The van der Waals surface area contributed by atoms with E-state index >= 15 is 0 Å². The Bertz CT molecular complexity index is 635. The predicted molar refractivity (Wildman–Crippen MR) is 115 cm³/mol. The molecular formula is C22H39N5. The van der Waals surface area contributed by atoms with Crippen LogP contribution in [0.3, 0.4) is 0 Å². The Morgan fingerprint density at radius 1 is 0.815 bits per heavy atom. The maximum atomic E-state index is 4.67. The maximum Gasteiger partial charge on any atom is 0.165 e. The van der Waals surface area contributed by atoms with E-state index in [-0.39, 0.29) is 0 Å². The lowest BCUT2D eigenvalue weighted by molar-refractivity contribution is 0.400. The van der Waals surface area contributed by atoms with E-state index in [1.165, 1.54) is 77.0 Å². The molecule has 0 saturated carbocycles. The molecule has 5 nitrogen and oxygen atoms in total. The Morgan fingerprint density at radius 2 is 1.41 bits per heavy atom. The van der Waals surface area contributed by atoms with Crippen LogP contribution in [-0.2, 0) is 0 Å². The molecule has 27 heavy (non-hydrogen) atoms. The quantitative estimate of drug-likeness (QED) is 0.372. The van der Waals surface area contributed by atoms with Crippen LogP contribution in [0, 0.1) is 0 Å². The molecule has 0 atom stereocenters. The Labute approximate surface area is 165 Å². The molecule has 0 unspecified atom stereocenters. The first-order chi connectivity index (χ1) is 13.2. The van der Waals surface area contributed by atoms with Crippen molar-refractivity contribution in [3.63, 3.8) is 0 Å². The van der Waals surface area contributed by atoms with E-state index in [2.05, 4.69) is 33.4 Å². The first kappa shape index (κ1) is 21.6. The van der Waals surface area contributed by atoms with Crippen LogP contribution in [0.15, 0.2) is 12.7 Å². The molecule has 0 N–H and O–H groups in total. The van der Waals surface area contributed by atoms with Crippen molar-refractivity contribution < 1.29 is 0 Å². The third-order valence-corrected chi connectivity index (χ3v) is 5.44. The van der Waals surface area contributed by atoms with Gasteiger partial charge in [0.2, 0.25) is 0 Å². The zero-order chi connectivity index (χ0) is 19.5. The van der Waals surface area contributed by atoms with Crippen LogP contribution >= 0.6 is 0 Å². The maximum absolute atomic E-state index is 4.67. The number of rotatable bonds is 14. The summed E-state index contributed by atoms with van der Waals surface area (Å²) >= 11 is 0. The van der Waals surface area contributed by atoms with E-state index < -0.39 is 0 Å². The highest BCUT2D eigenvalue weighted by molar-refractivity contribution is 5.83. The van der Waals surface area contributed by atoms with Gasteiger partial charge in [0.25, 0.3) is 0 Å². The minimum atomic E-state index is 0.503. The number of hydrogen-bond acceptors (Lipinski definition) is 4. The summed E-state index contributed by atoms with van der Waals surface area (Å²) in [7, 11) is 4.03. The van der Waals surface area contributed by atoms with Gasteiger partial charge in [-0.2, -0.15) is 0 Å². The summed E-state index contributed by atoms with van der Waals surface area (Å²) in [6.07, 6.45) is 19.4. The number of fused-ring (bicyclic) bond motifs is 1. The van der Waals surface area contributed by atoms with Gasteiger partial charge in [0.15, 0.2) is 17.0 Å². The lowest BCUT2D eigenvalue weighted by Crippen LogP contribution is -2.13. The van der Waals surface area contributed by atoms with Crippen molar-refractivity contribution in [3.05, 3.63) is 12.7 Å². The molecule has 0 aliphatic carbocycles. The van der Waals surface area contributed by atoms with Crippen molar-refractivity contribution in [3.8, 4) is 0 Å². The molecule has 0 amide bonds. The van der Waals surface area contributed by atoms with Gasteiger partial charge < -0.3 is 9.47 Å². The lowest BCUT2D eigenvalue weighted by Gasteiger charge is -2.19. The molecule has 2 rings (SSSR count). The van der Waals surface area contributed by atoms with Gasteiger partial charge in [0, 0.05) is 20.1 Å². The summed E-state index contributed by atoms with van der Waals surface area (Å²) in [5, 5.41) is 0. The Kier molecular flexibility index (Phi) is 9.57. The SMILES string of the molecule is CCCCCCCC(CCCCCCC)n1cnc2c(N(C)C)ncnc21. The van der Waals surface area contributed by atoms with Gasteiger partial charge in [-0.1, -0.05) is 78.1 Å². The molecule has 5 heteroatoms. The lowest BCUT2D eigenvalue weighted by atomic mass is 10.00. The molecule has 0 aliphatic heterocycles. The van der Waals surface area contributed by atoms with Crippen molar-refractivity contribution in [2.24, 2.45) is 0 Å². The average Bonchev–Trinajstić information content (AvgIpc) is 3.10. The van der Waals surface area contributed by atoms with Crippen molar-refractivity contribution in [2.75, 3.05) is 19.0 Å². The van der Waals surface area contributed by atoms with E-state index in [9.17, 15) is 0 Å². The third-order valence-electron chi connectivity index (χ3n) is 5.44. The molecule has 0 fully saturated rings. The molecule has 2 aromatic rings. The standard InChI is InChI=1S/C22H39N5/c1-5-7-9-11-13-15-19(16-14-12-10-8-6-2)27-18-25-20-21(26(3)4)23-17-24-22(20)27/h17-19H,5-16H2,1-4H3. The van der Waals surface area contributed by atoms with Crippen molar-refractivity contribution in [2.45, 2.75) is 96.9 Å². The largest absolute Gasteiger partial charge is 0.361 e. The van der Waals surface area contributed by atoms with Gasteiger partial charge in [0.1, 0.15) is 6.33 Å². The monoisotopic (exact) mass is 373 g/mol. The Hall–Kier alpha value is -1.65. The second-order valence-corrected chi connectivity index (χ2v) is 7.98. The van der Waals surface area contributed by atoms with Crippen LogP contribution in [0.4, 0.5) is 5.82 Å². The second kappa shape index (κ2) is 11.9. The predicted octanol–water partition coefficient (Wildman–Crippen LogP) is 6.15. The van der Waals surface area contributed by atoms with Gasteiger partial charge in [0.05, 0.1) is 6.33 Å². The first-order valence-corrected chi connectivity index (χ1v) is 11.0. The van der Waals surface area contributed by atoms with Crippen molar-refractivity contribution >= 4 is 17.0 Å². The summed E-state index contributed by atoms with van der Waals surface area (Å²) in [5.41, 5.74) is 1.91. The summed E-state index contributed by atoms with van der Waals surface area (Å²) in [5.74, 6) is 0.906. The molecular weight excluding hydrogens is 334 g/mol. The number of hydrogen-bond donors (Lipinski definition) is 0. The average molecular weight is 374 g/mol. The zero-order valence-corrected chi connectivity index (χ0v) is 18.0. The van der Waals surface area contributed by atoms with Crippen LogP contribution in [-0.4, -0.2) is 33.6 Å². The Morgan fingerprint density at radius 3 is 1.96 bits per heavy atom. The zero-order valence-electron chi connectivity index (χ0n) is 18.0. The van der Waals surface area contributed by atoms with Crippen LogP contribution in [0.5, 0.6) is 0 Å². The normalized spacial score (nSPS) is 11.6. The van der Waals surface area contributed by atoms with E-state index in [1.54, 1.807) is 6.33 Å². The molecule has 2 aromatic heterocycles. The minimum Gasteiger partial charge on any atom is -0.361 e. The summed E-state index contributed by atoms with van der Waals surface area (Å²) in [6, 6.07) is 0.503. The number of aromatic nitrogens is 4. The summed E-state index contributed by atoms with van der Waals surface area (Å²) in [6.45, 7) is 4.55. The fourth-order valence-electron chi connectivity index (χ4n) is 3.82. The summed E-state index contributed by atoms with van der Waals surface area (Å²) < 4.78 is 2.32. The van der Waals surface area contributed by atoms with Crippen LogP contribution in [0.2, 0.25) is 0 Å². The highest BCUT2D eigenvalue weighted by atomic mass is 15.2. The molecule has 0 aliphatic rings. The molecule has 152 valence electrons. The molecule has 0 spiro atoms.